The highest BCUT2D eigenvalue weighted by atomic mass is 16.5. The second-order valence-corrected chi connectivity index (χ2v) is 7.86. The maximum Gasteiger partial charge on any atom is 0.225 e. The first-order valence-electron chi connectivity index (χ1n) is 9.86. The number of rotatable bonds is 7. The van der Waals surface area contributed by atoms with E-state index in [1.54, 1.807) is 4.68 Å². The number of aromatic nitrogens is 2. The van der Waals surface area contributed by atoms with E-state index >= 15 is 0 Å². The van der Waals surface area contributed by atoms with E-state index in [9.17, 15) is 4.79 Å². The van der Waals surface area contributed by atoms with Crippen LogP contribution in [0.15, 0.2) is 12.4 Å². The molecule has 2 atom stereocenters. The average Bonchev–Trinajstić information content (AvgIpc) is 3.24. The number of likely N-dealkylation sites (tertiary alicyclic amines) is 1. The quantitative estimate of drug-likeness (QED) is 0.747. The molecule has 1 aromatic heterocycles. The summed E-state index contributed by atoms with van der Waals surface area (Å²) in [5.41, 5.74) is 1.15. The van der Waals surface area contributed by atoms with Crippen molar-refractivity contribution in [2.75, 3.05) is 39.3 Å². The number of carbonyl (C=O) groups excluding carboxylic acids is 1. The van der Waals surface area contributed by atoms with E-state index in [0.29, 0.717) is 12.1 Å². The summed E-state index contributed by atoms with van der Waals surface area (Å²) in [4.78, 5) is 15.3. The zero-order chi connectivity index (χ0) is 18.5. The smallest absolute Gasteiger partial charge is 0.225 e. The van der Waals surface area contributed by atoms with Crippen LogP contribution in [0.1, 0.15) is 38.2 Å². The molecule has 1 aromatic rings. The Kier molecular flexibility index (Phi) is 6.67. The van der Waals surface area contributed by atoms with E-state index in [2.05, 4.69) is 34.5 Å². The van der Waals surface area contributed by atoms with Crippen molar-refractivity contribution in [2.24, 2.45) is 13.0 Å². The maximum absolute atomic E-state index is 12.8. The number of nitrogens with zero attached hydrogens (tertiary/aromatic N) is 3. The third-order valence-electron chi connectivity index (χ3n) is 5.50. The normalized spacial score (nSPS) is 25.1. The van der Waals surface area contributed by atoms with Crippen LogP contribution in [0.3, 0.4) is 0 Å². The molecule has 0 radical (unpaired) electrons. The lowest BCUT2D eigenvalue weighted by atomic mass is 9.89. The number of ether oxygens (including phenoxy) is 1. The summed E-state index contributed by atoms with van der Waals surface area (Å²) in [5.74, 6) is 0.402. The Hall–Kier alpha value is -1.44. The molecule has 2 aliphatic rings. The predicted octanol–water partition coefficient (Wildman–Crippen LogP) is 0.729. The summed E-state index contributed by atoms with van der Waals surface area (Å²) in [6.45, 7) is 9.55. The van der Waals surface area contributed by atoms with Gasteiger partial charge in [0.1, 0.15) is 0 Å². The molecule has 0 bridgehead atoms. The van der Waals surface area contributed by atoms with Crippen molar-refractivity contribution in [1.29, 1.82) is 0 Å². The van der Waals surface area contributed by atoms with Crippen LogP contribution in [-0.4, -0.2) is 72.1 Å². The largest absolute Gasteiger partial charge is 0.377 e. The van der Waals surface area contributed by atoms with Gasteiger partial charge in [-0.05, 0) is 32.3 Å². The molecule has 146 valence electrons. The Balaban J connectivity index is 1.44. The molecule has 1 amide bonds. The van der Waals surface area contributed by atoms with Crippen LogP contribution in [0, 0.1) is 5.92 Å². The Morgan fingerprint density at radius 3 is 2.81 bits per heavy atom. The minimum Gasteiger partial charge on any atom is -0.377 e. The van der Waals surface area contributed by atoms with E-state index in [0.717, 1.165) is 57.7 Å². The van der Waals surface area contributed by atoms with Crippen molar-refractivity contribution in [2.45, 2.75) is 44.8 Å². The summed E-state index contributed by atoms with van der Waals surface area (Å²) >= 11 is 0. The lowest BCUT2D eigenvalue weighted by Gasteiger charge is -2.33. The maximum atomic E-state index is 12.8. The van der Waals surface area contributed by atoms with Crippen LogP contribution in [-0.2, 0) is 16.6 Å². The van der Waals surface area contributed by atoms with E-state index in [4.69, 9.17) is 4.74 Å². The van der Waals surface area contributed by atoms with Gasteiger partial charge in [0.25, 0.3) is 0 Å². The van der Waals surface area contributed by atoms with Crippen LogP contribution in [0.25, 0.3) is 0 Å². The minimum atomic E-state index is -0.00308. The third kappa shape index (κ3) is 5.05. The number of nitrogens with one attached hydrogen (secondary N) is 2. The second-order valence-electron chi connectivity index (χ2n) is 7.86. The topological polar surface area (TPSA) is 71.4 Å². The van der Waals surface area contributed by atoms with Crippen LogP contribution in [0.4, 0.5) is 0 Å². The number of carbonyl (C=O) groups is 1. The predicted molar refractivity (Wildman–Crippen MR) is 101 cm³/mol. The average molecular weight is 364 g/mol. The molecule has 26 heavy (non-hydrogen) atoms. The van der Waals surface area contributed by atoms with Crippen molar-refractivity contribution in [3.63, 3.8) is 0 Å². The lowest BCUT2D eigenvalue weighted by Crippen LogP contribution is -2.47. The Morgan fingerprint density at radius 2 is 2.15 bits per heavy atom. The van der Waals surface area contributed by atoms with E-state index < -0.39 is 0 Å². The monoisotopic (exact) mass is 363 g/mol. The highest BCUT2D eigenvalue weighted by Crippen LogP contribution is 2.28. The molecule has 3 heterocycles. The van der Waals surface area contributed by atoms with Crippen LogP contribution >= 0.6 is 0 Å². The number of aryl methyl sites for hydroxylation is 1. The molecule has 7 nitrogen and oxygen atoms in total. The van der Waals surface area contributed by atoms with Crippen molar-refractivity contribution in [3.8, 4) is 0 Å². The fraction of sp³-hybridized carbons (Fsp3) is 0.789. The first-order valence-corrected chi connectivity index (χ1v) is 9.86. The number of hydrogen-bond acceptors (Lipinski definition) is 5. The van der Waals surface area contributed by atoms with Gasteiger partial charge in [-0.15, -0.1) is 0 Å². The molecular weight excluding hydrogens is 330 g/mol. The van der Waals surface area contributed by atoms with Crippen LogP contribution in [0.2, 0.25) is 0 Å². The molecule has 0 aromatic carbocycles. The Morgan fingerprint density at radius 1 is 1.38 bits per heavy atom. The van der Waals surface area contributed by atoms with Gasteiger partial charge in [0.05, 0.1) is 24.8 Å². The van der Waals surface area contributed by atoms with Crippen molar-refractivity contribution in [3.05, 3.63) is 18.0 Å². The van der Waals surface area contributed by atoms with E-state index in [1.807, 2.05) is 19.4 Å². The minimum absolute atomic E-state index is 0.00308. The zero-order valence-electron chi connectivity index (χ0n) is 16.3. The second kappa shape index (κ2) is 8.97. The molecule has 3 rings (SSSR count). The molecule has 2 N–H and O–H groups in total. The summed E-state index contributed by atoms with van der Waals surface area (Å²) in [6, 6.07) is 0.292. The van der Waals surface area contributed by atoms with Gasteiger partial charge in [-0.3, -0.25) is 9.48 Å². The van der Waals surface area contributed by atoms with Gasteiger partial charge < -0.3 is 20.3 Å². The first-order chi connectivity index (χ1) is 12.5. The molecule has 2 fully saturated rings. The van der Waals surface area contributed by atoms with Gasteiger partial charge >= 0.3 is 0 Å². The van der Waals surface area contributed by atoms with Gasteiger partial charge in [-0.1, -0.05) is 0 Å². The molecule has 0 saturated carbocycles. The summed E-state index contributed by atoms with van der Waals surface area (Å²) in [5, 5.41) is 10.9. The van der Waals surface area contributed by atoms with Gasteiger partial charge in [-0.2, -0.15) is 5.10 Å². The SMILES string of the molecule is CC(C)OCCN1CCC(NC(=O)[C@H]2CNC[C@@H]2c2cnn(C)c2)CC1. The molecule has 2 saturated heterocycles. The van der Waals surface area contributed by atoms with Gasteiger partial charge in [0, 0.05) is 57.9 Å². The highest BCUT2D eigenvalue weighted by molar-refractivity contribution is 5.80. The van der Waals surface area contributed by atoms with E-state index in [-0.39, 0.29) is 17.7 Å². The van der Waals surface area contributed by atoms with Gasteiger partial charge in [0.2, 0.25) is 5.91 Å². The summed E-state index contributed by atoms with van der Waals surface area (Å²) in [7, 11) is 1.92. The molecule has 0 aliphatic carbocycles. The number of hydrogen-bond donors (Lipinski definition) is 2. The summed E-state index contributed by atoms with van der Waals surface area (Å²) < 4.78 is 7.44. The third-order valence-corrected chi connectivity index (χ3v) is 5.50. The Bertz CT molecular complexity index is 580. The molecular formula is C19H33N5O2. The lowest BCUT2D eigenvalue weighted by molar-refractivity contribution is -0.125. The fourth-order valence-corrected chi connectivity index (χ4v) is 3.96. The van der Waals surface area contributed by atoms with Crippen molar-refractivity contribution < 1.29 is 9.53 Å². The van der Waals surface area contributed by atoms with Crippen molar-refractivity contribution in [1.82, 2.24) is 25.3 Å². The molecule has 7 heteroatoms. The van der Waals surface area contributed by atoms with Crippen LogP contribution in [0.5, 0.6) is 0 Å². The zero-order valence-corrected chi connectivity index (χ0v) is 16.3. The molecule has 0 unspecified atom stereocenters. The first kappa shape index (κ1) is 19.3. The standard InChI is InChI=1S/C19H33N5O2/c1-14(2)26-9-8-24-6-4-16(5-7-24)22-19(25)18-12-20-11-17(18)15-10-21-23(3)13-15/h10,13-14,16-18,20H,4-9,11-12H2,1-3H3,(H,22,25)/t17-,18+/m1/s1. The van der Waals surface area contributed by atoms with Crippen LogP contribution < -0.4 is 10.6 Å². The number of piperidine rings is 1. The Labute approximate surface area is 156 Å². The molecule has 0 spiro atoms. The van der Waals surface area contributed by atoms with Crippen molar-refractivity contribution >= 4 is 5.91 Å². The fourth-order valence-electron chi connectivity index (χ4n) is 3.96. The van der Waals surface area contributed by atoms with Gasteiger partial charge in [-0.25, -0.2) is 0 Å². The van der Waals surface area contributed by atoms with E-state index in [1.165, 1.54) is 0 Å². The summed E-state index contributed by atoms with van der Waals surface area (Å²) in [6.07, 6.45) is 6.24. The highest BCUT2D eigenvalue weighted by Gasteiger charge is 2.35. The van der Waals surface area contributed by atoms with Gasteiger partial charge in [0.15, 0.2) is 0 Å². The molecule has 2 aliphatic heterocycles. The number of amides is 1.